The summed E-state index contributed by atoms with van der Waals surface area (Å²) in [6.45, 7) is 7.16. The van der Waals surface area contributed by atoms with E-state index >= 15 is 0 Å². The molecule has 0 fully saturated rings. The Labute approximate surface area is 150 Å². The van der Waals surface area contributed by atoms with Gasteiger partial charge in [0, 0.05) is 33.3 Å². The summed E-state index contributed by atoms with van der Waals surface area (Å²) in [7, 11) is 0. The molecule has 0 atom stereocenters. The SMILES string of the molecule is CCc1nc2cc3nc(CC)c(C)c(C(=O)[O-])c3cc2c(C(=O)[O-])c1C. The van der Waals surface area contributed by atoms with Crippen LogP contribution in [0.1, 0.15) is 57.1 Å². The van der Waals surface area contributed by atoms with Crippen LogP contribution in [0.15, 0.2) is 12.1 Å². The molecule has 0 saturated heterocycles. The van der Waals surface area contributed by atoms with Crippen molar-refractivity contribution in [2.24, 2.45) is 0 Å². The maximum absolute atomic E-state index is 11.7. The fourth-order valence-corrected chi connectivity index (χ4v) is 3.53. The second-order valence-electron chi connectivity index (χ2n) is 6.29. The van der Waals surface area contributed by atoms with Crippen LogP contribution in [0, 0.1) is 13.8 Å². The number of rotatable bonds is 4. The van der Waals surface area contributed by atoms with Crippen LogP contribution >= 0.6 is 0 Å². The number of hydrogen-bond acceptors (Lipinski definition) is 6. The summed E-state index contributed by atoms with van der Waals surface area (Å²) >= 11 is 0. The van der Waals surface area contributed by atoms with Crippen LogP contribution in [-0.4, -0.2) is 21.9 Å². The molecule has 0 aliphatic heterocycles. The molecule has 0 amide bonds. The Morgan fingerprint density at radius 1 is 0.808 bits per heavy atom. The molecule has 134 valence electrons. The van der Waals surface area contributed by atoms with E-state index < -0.39 is 11.9 Å². The molecule has 0 aliphatic rings. The van der Waals surface area contributed by atoms with Crippen molar-refractivity contribution in [3.05, 3.63) is 45.8 Å². The van der Waals surface area contributed by atoms with Gasteiger partial charge in [0.2, 0.25) is 0 Å². The number of carbonyl (C=O) groups is 2. The molecule has 3 aromatic rings. The summed E-state index contributed by atoms with van der Waals surface area (Å²) in [5, 5.41) is 24.2. The van der Waals surface area contributed by atoms with Crippen LogP contribution in [0.3, 0.4) is 0 Å². The summed E-state index contributed by atoms with van der Waals surface area (Å²) in [4.78, 5) is 32.6. The van der Waals surface area contributed by atoms with Crippen molar-refractivity contribution in [3.8, 4) is 0 Å². The van der Waals surface area contributed by atoms with E-state index in [4.69, 9.17) is 0 Å². The Balaban J connectivity index is 2.57. The van der Waals surface area contributed by atoms with Gasteiger partial charge >= 0.3 is 0 Å². The molecule has 0 saturated carbocycles. The van der Waals surface area contributed by atoms with Crippen molar-refractivity contribution in [1.29, 1.82) is 0 Å². The molecular formula is C20H18N2O4-2. The van der Waals surface area contributed by atoms with Crippen LogP contribution in [0.2, 0.25) is 0 Å². The second-order valence-corrected chi connectivity index (χ2v) is 6.29. The van der Waals surface area contributed by atoms with Crippen LogP contribution in [0.25, 0.3) is 21.8 Å². The maximum Gasteiger partial charge on any atom is 0.0734 e. The van der Waals surface area contributed by atoms with Gasteiger partial charge in [0.25, 0.3) is 0 Å². The zero-order chi connectivity index (χ0) is 19.2. The highest BCUT2D eigenvalue weighted by molar-refractivity contribution is 6.11. The number of carbonyl (C=O) groups excluding carboxylic acids is 2. The number of carboxylic acids is 2. The standard InChI is InChI=1S/C20H20N2O4/c1-5-13-9(3)17(19(23)24)11-7-12-16(8-15(11)21-13)22-14(6-2)10(4)18(12)20(25)26/h7-8H,5-6H2,1-4H3,(H,23,24)(H,25,26)/p-2. The fourth-order valence-electron chi connectivity index (χ4n) is 3.53. The van der Waals surface area contributed by atoms with Crippen LogP contribution in [0.4, 0.5) is 0 Å². The summed E-state index contributed by atoms with van der Waals surface area (Å²) in [6.07, 6.45) is 1.15. The predicted octanol–water partition coefficient (Wildman–Crippen LogP) is 1.25. The quantitative estimate of drug-likeness (QED) is 0.656. The summed E-state index contributed by atoms with van der Waals surface area (Å²) in [5.41, 5.74) is 3.39. The minimum atomic E-state index is -1.31. The first-order valence-corrected chi connectivity index (χ1v) is 8.49. The maximum atomic E-state index is 11.7. The van der Waals surface area contributed by atoms with E-state index in [1.807, 2.05) is 13.8 Å². The highest BCUT2D eigenvalue weighted by atomic mass is 16.4. The van der Waals surface area contributed by atoms with Crippen molar-refractivity contribution < 1.29 is 19.8 Å². The number of aromatic carboxylic acids is 2. The van der Waals surface area contributed by atoms with Gasteiger partial charge in [0.1, 0.15) is 0 Å². The van der Waals surface area contributed by atoms with Gasteiger partial charge < -0.3 is 19.8 Å². The van der Waals surface area contributed by atoms with Gasteiger partial charge in [-0.15, -0.1) is 0 Å². The largest absolute Gasteiger partial charge is 0.545 e. The summed E-state index contributed by atoms with van der Waals surface area (Å²) in [5.74, 6) is -2.62. The molecule has 1 aromatic carbocycles. The first-order valence-electron chi connectivity index (χ1n) is 8.49. The zero-order valence-electron chi connectivity index (χ0n) is 15.1. The van der Waals surface area contributed by atoms with Gasteiger partial charge in [-0.2, -0.15) is 0 Å². The lowest BCUT2D eigenvalue weighted by atomic mass is 9.95. The first kappa shape index (κ1) is 17.8. The van der Waals surface area contributed by atoms with Gasteiger partial charge in [-0.1, -0.05) is 13.8 Å². The van der Waals surface area contributed by atoms with E-state index in [1.165, 1.54) is 6.07 Å². The summed E-state index contributed by atoms with van der Waals surface area (Å²) < 4.78 is 0. The average Bonchev–Trinajstić information content (AvgIpc) is 2.58. The van der Waals surface area contributed by atoms with E-state index in [2.05, 4.69) is 9.97 Å². The molecule has 0 N–H and O–H groups in total. The van der Waals surface area contributed by atoms with Crippen LogP contribution in [0.5, 0.6) is 0 Å². The molecule has 2 aromatic heterocycles. The fraction of sp³-hybridized carbons (Fsp3) is 0.300. The summed E-state index contributed by atoms with van der Waals surface area (Å²) in [6, 6.07) is 3.17. The number of carboxylic acid groups (broad SMARTS) is 2. The number of aryl methyl sites for hydroxylation is 2. The third kappa shape index (κ3) is 2.58. The molecule has 0 radical (unpaired) electrons. The number of benzene rings is 1. The van der Waals surface area contributed by atoms with Gasteiger partial charge in [-0.3, -0.25) is 9.97 Å². The molecule has 0 bridgehead atoms. The third-order valence-corrected chi connectivity index (χ3v) is 4.86. The first-order chi connectivity index (χ1) is 12.3. The molecule has 0 aliphatic carbocycles. The Bertz CT molecular complexity index is 1000. The Morgan fingerprint density at radius 2 is 1.19 bits per heavy atom. The number of nitrogens with zero attached hydrogens (tertiary/aromatic N) is 2. The molecule has 6 nitrogen and oxygen atoms in total. The number of pyridine rings is 2. The Morgan fingerprint density at radius 3 is 1.50 bits per heavy atom. The molecule has 6 heteroatoms. The van der Waals surface area contributed by atoms with E-state index in [-0.39, 0.29) is 11.1 Å². The monoisotopic (exact) mass is 350 g/mol. The molecule has 26 heavy (non-hydrogen) atoms. The number of hydrogen-bond donors (Lipinski definition) is 0. The molecule has 0 unspecified atom stereocenters. The smallest absolute Gasteiger partial charge is 0.0734 e. The van der Waals surface area contributed by atoms with Crippen LogP contribution in [-0.2, 0) is 12.8 Å². The highest BCUT2D eigenvalue weighted by Gasteiger charge is 2.17. The van der Waals surface area contributed by atoms with Crippen LogP contribution < -0.4 is 10.2 Å². The van der Waals surface area contributed by atoms with Crippen molar-refractivity contribution in [2.45, 2.75) is 40.5 Å². The van der Waals surface area contributed by atoms with Crippen molar-refractivity contribution in [1.82, 2.24) is 9.97 Å². The lowest BCUT2D eigenvalue weighted by Crippen LogP contribution is -2.25. The zero-order valence-corrected chi connectivity index (χ0v) is 15.1. The molecular weight excluding hydrogens is 332 g/mol. The van der Waals surface area contributed by atoms with Gasteiger partial charge in [0.15, 0.2) is 0 Å². The van der Waals surface area contributed by atoms with Gasteiger partial charge in [-0.25, -0.2) is 0 Å². The topological polar surface area (TPSA) is 106 Å². The molecule has 3 rings (SSSR count). The van der Waals surface area contributed by atoms with E-state index in [0.717, 1.165) is 0 Å². The van der Waals surface area contributed by atoms with Gasteiger partial charge in [-0.05, 0) is 49.9 Å². The van der Waals surface area contributed by atoms with Crippen molar-refractivity contribution in [2.75, 3.05) is 0 Å². The van der Waals surface area contributed by atoms with E-state index in [1.54, 1.807) is 19.9 Å². The van der Waals surface area contributed by atoms with E-state index in [9.17, 15) is 19.8 Å². The van der Waals surface area contributed by atoms with Gasteiger partial charge in [0.05, 0.1) is 23.0 Å². The minimum Gasteiger partial charge on any atom is -0.545 e. The Hall–Kier alpha value is -3.02. The number of aromatic nitrogens is 2. The highest BCUT2D eigenvalue weighted by Crippen LogP contribution is 2.30. The van der Waals surface area contributed by atoms with E-state index in [0.29, 0.717) is 57.2 Å². The van der Waals surface area contributed by atoms with Crippen molar-refractivity contribution in [3.63, 3.8) is 0 Å². The molecule has 0 spiro atoms. The average molecular weight is 350 g/mol. The molecule has 2 heterocycles. The normalized spacial score (nSPS) is 11.2. The number of fused-ring (bicyclic) bond motifs is 2. The Kier molecular flexibility index (Phi) is 4.36. The lowest BCUT2D eigenvalue weighted by molar-refractivity contribution is -0.256. The minimum absolute atomic E-state index is 0.0373. The van der Waals surface area contributed by atoms with Crippen molar-refractivity contribution >= 4 is 33.7 Å². The lowest BCUT2D eigenvalue weighted by Gasteiger charge is -2.18. The second kappa shape index (κ2) is 6.37. The third-order valence-electron chi connectivity index (χ3n) is 4.86. The predicted molar refractivity (Wildman–Crippen MR) is 93.9 cm³/mol.